The van der Waals surface area contributed by atoms with Crippen molar-refractivity contribution in [3.8, 4) is 0 Å². The van der Waals surface area contributed by atoms with Crippen LogP contribution in [0.3, 0.4) is 0 Å². The molecule has 1 heterocycles. The van der Waals surface area contributed by atoms with Gasteiger partial charge in [-0.3, -0.25) is 14.5 Å². The van der Waals surface area contributed by atoms with Crippen molar-refractivity contribution in [1.82, 2.24) is 4.90 Å². The predicted molar refractivity (Wildman–Crippen MR) is 69.1 cm³/mol. The maximum Gasteiger partial charge on any atom is 0.288 e. The molecule has 1 saturated heterocycles. The maximum atomic E-state index is 12.1. The maximum absolute atomic E-state index is 12.1. The van der Waals surface area contributed by atoms with Gasteiger partial charge in [0.2, 0.25) is 5.91 Å². The van der Waals surface area contributed by atoms with Gasteiger partial charge in [0.25, 0.3) is 5.91 Å². The predicted octanol–water partition coefficient (Wildman–Crippen LogP) is -0.476. The van der Waals surface area contributed by atoms with Gasteiger partial charge in [0, 0.05) is 7.11 Å². The highest BCUT2D eigenvalue weighted by Gasteiger charge is 2.40. The number of carbonyl (C=O) groups excluding carboxylic acids is 2. The number of amides is 2. The Morgan fingerprint density at radius 2 is 2.05 bits per heavy atom. The van der Waals surface area contributed by atoms with Crippen LogP contribution in [-0.2, 0) is 20.9 Å². The lowest BCUT2D eigenvalue weighted by Crippen LogP contribution is -2.92. The zero-order valence-electron chi connectivity index (χ0n) is 11.0. The second-order valence-electron chi connectivity index (χ2n) is 4.63. The molecule has 0 aliphatic carbocycles. The SMILES string of the molecule is COCC[NH2+][C@@H]1CC(=O)N(Cc2ccccc2)C1=O. The molecule has 1 aromatic carbocycles. The second kappa shape index (κ2) is 6.45. The summed E-state index contributed by atoms with van der Waals surface area (Å²) in [6.45, 7) is 1.64. The number of rotatable bonds is 6. The van der Waals surface area contributed by atoms with E-state index in [0.717, 1.165) is 5.56 Å². The minimum Gasteiger partial charge on any atom is -0.379 e. The molecule has 0 aromatic heterocycles. The number of nitrogens with two attached hydrogens (primary N) is 1. The summed E-state index contributed by atoms with van der Waals surface area (Å²) in [5, 5.41) is 1.88. The summed E-state index contributed by atoms with van der Waals surface area (Å²) in [6, 6.07) is 9.28. The molecule has 1 aromatic rings. The Morgan fingerprint density at radius 1 is 1.32 bits per heavy atom. The van der Waals surface area contributed by atoms with E-state index in [1.165, 1.54) is 4.90 Å². The lowest BCUT2D eigenvalue weighted by Gasteiger charge is -2.14. The first-order valence-corrected chi connectivity index (χ1v) is 6.42. The number of methoxy groups -OCH3 is 1. The quantitative estimate of drug-likeness (QED) is 0.557. The Hall–Kier alpha value is -1.72. The molecule has 1 aliphatic rings. The van der Waals surface area contributed by atoms with Crippen LogP contribution in [0.2, 0.25) is 0 Å². The van der Waals surface area contributed by atoms with E-state index >= 15 is 0 Å². The molecule has 2 amide bonds. The van der Waals surface area contributed by atoms with Crippen LogP contribution >= 0.6 is 0 Å². The van der Waals surface area contributed by atoms with Gasteiger partial charge in [0.15, 0.2) is 6.04 Å². The number of quaternary nitrogens is 1. The Labute approximate surface area is 112 Å². The number of ether oxygens (including phenoxy) is 1. The molecule has 0 saturated carbocycles. The highest BCUT2D eigenvalue weighted by molar-refractivity contribution is 6.04. The average Bonchev–Trinajstić information content (AvgIpc) is 2.68. The van der Waals surface area contributed by atoms with Crippen LogP contribution in [0.5, 0.6) is 0 Å². The third-order valence-electron chi connectivity index (χ3n) is 3.24. The summed E-state index contributed by atoms with van der Waals surface area (Å²) in [5.41, 5.74) is 0.974. The zero-order chi connectivity index (χ0) is 13.7. The van der Waals surface area contributed by atoms with Crippen molar-refractivity contribution in [3.05, 3.63) is 35.9 Å². The van der Waals surface area contributed by atoms with Crippen molar-refractivity contribution in [3.63, 3.8) is 0 Å². The van der Waals surface area contributed by atoms with E-state index < -0.39 is 0 Å². The molecular formula is C14H19N2O3+. The van der Waals surface area contributed by atoms with Crippen molar-refractivity contribution in [2.24, 2.45) is 0 Å². The van der Waals surface area contributed by atoms with E-state index in [1.54, 1.807) is 7.11 Å². The number of benzene rings is 1. The third kappa shape index (κ3) is 3.39. The fourth-order valence-corrected chi connectivity index (χ4v) is 2.21. The topological polar surface area (TPSA) is 63.2 Å². The molecule has 2 N–H and O–H groups in total. The van der Waals surface area contributed by atoms with Gasteiger partial charge in [-0.25, -0.2) is 0 Å². The minimum absolute atomic E-state index is 0.0903. The molecule has 2 rings (SSSR count). The van der Waals surface area contributed by atoms with Crippen molar-refractivity contribution in [1.29, 1.82) is 0 Å². The average molecular weight is 263 g/mol. The molecule has 0 bridgehead atoms. The van der Waals surface area contributed by atoms with Crippen molar-refractivity contribution in [2.75, 3.05) is 20.3 Å². The van der Waals surface area contributed by atoms with Gasteiger partial charge in [0.05, 0.1) is 26.1 Å². The molecule has 5 nitrogen and oxygen atoms in total. The van der Waals surface area contributed by atoms with Crippen LogP contribution in [0.1, 0.15) is 12.0 Å². The molecule has 1 aliphatic heterocycles. The molecule has 0 radical (unpaired) electrons. The molecule has 0 spiro atoms. The zero-order valence-corrected chi connectivity index (χ0v) is 11.0. The van der Waals surface area contributed by atoms with Crippen LogP contribution < -0.4 is 5.32 Å². The van der Waals surface area contributed by atoms with Gasteiger partial charge in [-0.1, -0.05) is 30.3 Å². The van der Waals surface area contributed by atoms with E-state index in [4.69, 9.17) is 4.74 Å². The lowest BCUT2D eigenvalue weighted by molar-refractivity contribution is -0.676. The largest absolute Gasteiger partial charge is 0.379 e. The summed E-state index contributed by atoms with van der Waals surface area (Å²) >= 11 is 0. The van der Waals surface area contributed by atoms with Gasteiger partial charge in [-0.2, -0.15) is 0 Å². The summed E-state index contributed by atoms with van der Waals surface area (Å²) < 4.78 is 4.95. The van der Waals surface area contributed by atoms with Crippen molar-refractivity contribution < 1.29 is 19.6 Å². The minimum atomic E-state index is -0.286. The van der Waals surface area contributed by atoms with Gasteiger partial charge >= 0.3 is 0 Å². The Balaban J connectivity index is 1.95. The molecular weight excluding hydrogens is 244 g/mol. The van der Waals surface area contributed by atoms with E-state index in [0.29, 0.717) is 19.7 Å². The van der Waals surface area contributed by atoms with Crippen LogP contribution in [0, 0.1) is 0 Å². The molecule has 1 atom stereocenters. The highest BCUT2D eigenvalue weighted by Crippen LogP contribution is 2.14. The molecule has 5 heteroatoms. The smallest absolute Gasteiger partial charge is 0.288 e. The number of hydrogen-bond acceptors (Lipinski definition) is 3. The normalized spacial score (nSPS) is 19.2. The van der Waals surface area contributed by atoms with Crippen molar-refractivity contribution >= 4 is 11.8 Å². The first-order chi connectivity index (χ1) is 9.22. The van der Waals surface area contributed by atoms with Gasteiger partial charge in [-0.05, 0) is 5.56 Å². The van der Waals surface area contributed by atoms with E-state index in [-0.39, 0.29) is 24.3 Å². The number of carbonyl (C=O) groups is 2. The molecule has 19 heavy (non-hydrogen) atoms. The summed E-state index contributed by atoms with van der Waals surface area (Å²) in [7, 11) is 1.62. The van der Waals surface area contributed by atoms with E-state index in [1.807, 2.05) is 35.6 Å². The van der Waals surface area contributed by atoms with Crippen LogP contribution in [0.25, 0.3) is 0 Å². The van der Waals surface area contributed by atoms with Crippen LogP contribution in [0.4, 0.5) is 0 Å². The second-order valence-corrected chi connectivity index (χ2v) is 4.63. The van der Waals surface area contributed by atoms with Crippen LogP contribution in [-0.4, -0.2) is 43.0 Å². The van der Waals surface area contributed by atoms with E-state index in [2.05, 4.69) is 0 Å². The standard InChI is InChI=1S/C14H18N2O3/c1-19-8-7-15-12-9-13(17)16(14(12)18)10-11-5-3-2-4-6-11/h2-6,12,15H,7-10H2,1H3/p+1/t12-/m1/s1. The van der Waals surface area contributed by atoms with Gasteiger partial charge in [-0.15, -0.1) is 0 Å². The number of hydrogen-bond donors (Lipinski definition) is 1. The Bertz CT molecular complexity index is 447. The van der Waals surface area contributed by atoms with Crippen molar-refractivity contribution in [2.45, 2.75) is 19.0 Å². The van der Waals surface area contributed by atoms with Crippen LogP contribution in [0.15, 0.2) is 30.3 Å². The number of nitrogens with zero attached hydrogens (tertiary/aromatic N) is 1. The van der Waals surface area contributed by atoms with Gasteiger partial charge in [0.1, 0.15) is 0 Å². The first kappa shape index (κ1) is 13.7. The lowest BCUT2D eigenvalue weighted by atomic mass is 10.2. The third-order valence-corrected chi connectivity index (χ3v) is 3.24. The Kier molecular flexibility index (Phi) is 4.65. The Morgan fingerprint density at radius 3 is 2.74 bits per heavy atom. The highest BCUT2D eigenvalue weighted by atomic mass is 16.5. The summed E-state index contributed by atoms with van der Waals surface area (Å²) in [4.78, 5) is 25.4. The molecule has 0 unspecified atom stereocenters. The fourth-order valence-electron chi connectivity index (χ4n) is 2.21. The number of imide groups is 1. The van der Waals surface area contributed by atoms with E-state index in [9.17, 15) is 9.59 Å². The van der Waals surface area contributed by atoms with Gasteiger partial charge < -0.3 is 10.1 Å². The molecule has 1 fully saturated rings. The summed E-state index contributed by atoms with van der Waals surface area (Å²) in [6.07, 6.45) is 0.287. The summed E-state index contributed by atoms with van der Waals surface area (Å²) in [5.74, 6) is -0.183. The first-order valence-electron chi connectivity index (χ1n) is 6.42. The number of likely N-dealkylation sites (tertiary alicyclic amines) is 1. The fraction of sp³-hybridized carbons (Fsp3) is 0.429. The monoisotopic (exact) mass is 263 g/mol. The molecule has 102 valence electrons.